The maximum absolute atomic E-state index is 13.0. The van der Waals surface area contributed by atoms with E-state index in [1.54, 1.807) is 6.07 Å². The Bertz CT molecular complexity index is 361. The molecule has 0 N–H and O–H groups in total. The first kappa shape index (κ1) is 10.8. The van der Waals surface area contributed by atoms with Crippen LogP contribution in [-0.2, 0) is 0 Å². The molecule has 1 saturated carbocycles. The van der Waals surface area contributed by atoms with Gasteiger partial charge in [0.2, 0.25) is 0 Å². The molecule has 1 nitrogen and oxygen atoms in total. The Kier molecular flexibility index (Phi) is 2.91. The van der Waals surface area contributed by atoms with Gasteiger partial charge in [0.25, 0.3) is 0 Å². The van der Waals surface area contributed by atoms with Crippen molar-refractivity contribution in [3.8, 4) is 5.75 Å². The normalized spacial score (nSPS) is 17.5. The summed E-state index contributed by atoms with van der Waals surface area (Å²) in [5, 5.41) is 0. The van der Waals surface area contributed by atoms with E-state index in [2.05, 4.69) is 12.6 Å². The predicted molar refractivity (Wildman–Crippen MR) is 62.2 cm³/mol. The van der Waals surface area contributed by atoms with Crippen LogP contribution in [0.4, 0.5) is 4.39 Å². The second-order valence-electron chi connectivity index (χ2n) is 4.36. The van der Waals surface area contributed by atoms with E-state index in [1.165, 1.54) is 25.0 Å². The number of benzene rings is 1. The summed E-state index contributed by atoms with van der Waals surface area (Å²) in [6, 6.07) is 4.64. The summed E-state index contributed by atoms with van der Waals surface area (Å²) < 4.78 is 18.6. The van der Waals surface area contributed by atoms with Crippen molar-refractivity contribution in [1.82, 2.24) is 0 Å². The minimum atomic E-state index is -0.244. The van der Waals surface area contributed by atoms with Crippen LogP contribution in [0.1, 0.15) is 18.4 Å². The van der Waals surface area contributed by atoms with Gasteiger partial charge in [-0.05, 0) is 37.1 Å². The average Bonchev–Trinajstić information content (AvgIpc) is 3.00. The first-order valence-electron chi connectivity index (χ1n) is 5.15. The minimum Gasteiger partial charge on any atom is -0.493 e. The van der Waals surface area contributed by atoms with Crippen molar-refractivity contribution in [2.75, 3.05) is 12.4 Å². The zero-order valence-corrected chi connectivity index (χ0v) is 9.69. The maximum atomic E-state index is 13.0. The standard InChI is InChI=1S/C12H15FOS/c1-9-2-3-10(13)6-11(9)14-7-12(8-15)4-5-12/h2-3,6,15H,4-5,7-8H2,1H3. The summed E-state index contributed by atoms with van der Waals surface area (Å²) in [7, 11) is 0. The molecule has 15 heavy (non-hydrogen) atoms. The molecule has 3 heteroatoms. The zero-order valence-electron chi connectivity index (χ0n) is 8.79. The molecular formula is C12H15FOS. The van der Waals surface area contributed by atoms with E-state index in [-0.39, 0.29) is 11.2 Å². The van der Waals surface area contributed by atoms with Crippen LogP contribution in [0.5, 0.6) is 5.75 Å². The Morgan fingerprint density at radius 3 is 2.80 bits per heavy atom. The number of halogens is 1. The third-order valence-corrected chi connectivity index (χ3v) is 3.65. The Balaban J connectivity index is 2.01. The van der Waals surface area contributed by atoms with Crippen LogP contribution in [0.2, 0.25) is 0 Å². The number of ether oxygens (including phenoxy) is 1. The third-order valence-electron chi connectivity index (χ3n) is 2.98. The summed E-state index contributed by atoms with van der Waals surface area (Å²) in [5.41, 5.74) is 1.23. The van der Waals surface area contributed by atoms with Crippen molar-refractivity contribution in [3.63, 3.8) is 0 Å². The summed E-state index contributed by atoms with van der Waals surface area (Å²) in [6.07, 6.45) is 2.34. The van der Waals surface area contributed by atoms with Crippen molar-refractivity contribution < 1.29 is 9.13 Å². The van der Waals surface area contributed by atoms with E-state index in [4.69, 9.17) is 4.74 Å². The topological polar surface area (TPSA) is 9.23 Å². The van der Waals surface area contributed by atoms with Crippen molar-refractivity contribution in [2.24, 2.45) is 5.41 Å². The first-order chi connectivity index (χ1) is 7.15. The molecule has 0 atom stereocenters. The van der Waals surface area contributed by atoms with Crippen LogP contribution >= 0.6 is 12.6 Å². The third kappa shape index (κ3) is 2.46. The molecule has 0 amide bonds. The molecule has 82 valence electrons. The van der Waals surface area contributed by atoms with Gasteiger partial charge in [-0.2, -0.15) is 12.6 Å². The molecule has 0 aromatic heterocycles. The fraction of sp³-hybridized carbons (Fsp3) is 0.500. The first-order valence-corrected chi connectivity index (χ1v) is 5.78. The maximum Gasteiger partial charge on any atom is 0.126 e. The Morgan fingerprint density at radius 2 is 2.20 bits per heavy atom. The molecule has 1 aromatic rings. The van der Waals surface area contributed by atoms with Gasteiger partial charge in [-0.1, -0.05) is 6.07 Å². The van der Waals surface area contributed by atoms with Crippen LogP contribution in [-0.4, -0.2) is 12.4 Å². The molecule has 0 radical (unpaired) electrons. The molecule has 0 bridgehead atoms. The van der Waals surface area contributed by atoms with Gasteiger partial charge < -0.3 is 4.74 Å². The van der Waals surface area contributed by atoms with Crippen molar-refractivity contribution in [3.05, 3.63) is 29.6 Å². The molecule has 0 aliphatic heterocycles. The zero-order chi connectivity index (χ0) is 10.9. The molecule has 0 saturated heterocycles. The lowest BCUT2D eigenvalue weighted by Crippen LogP contribution is -2.15. The van der Waals surface area contributed by atoms with Crippen LogP contribution in [0.3, 0.4) is 0 Å². The molecule has 1 fully saturated rings. The highest BCUT2D eigenvalue weighted by Gasteiger charge is 2.42. The second kappa shape index (κ2) is 4.05. The second-order valence-corrected chi connectivity index (χ2v) is 4.67. The van der Waals surface area contributed by atoms with Gasteiger partial charge in [0.1, 0.15) is 11.6 Å². The number of hydrogen-bond acceptors (Lipinski definition) is 2. The molecular weight excluding hydrogens is 211 g/mol. The highest BCUT2D eigenvalue weighted by Crippen LogP contribution is 2.46. The lowest BCUT2D eigenvalue weighted by molar-refractivity contribution is 0.248. The fourth-order valence-corrected chi connectivity index (χ4v) is 1.89. The van der Waals surface area contributed by atoms with Gasteiger partial charge in [0.05, 0.1) is 6.61 Å². The molecule has 0 heterocycles. The van der Waals surface area contributed by atoms with Crippen molar-refractivity contribution in [2.45, 2.75) is 19.8 Å². The number of thiol groups is 1. The number of hydrogen-bond donors (Lipinski definition) is 1. The summed E-state index contributed by atoms with van der Waals surface area (Å²) in [4.78, 5) is 0. The molecule has 1 aromatic carbocycles. The number of aryl methyl sites for hydroxylation is 1. The highest BCUT2D eigenvalue weighted by atomic mass is 32.1. The summed E-state index contributed by atoms with van der Waals surface area (Å²) in [6.45, 7) is 2.58. The van der Waals surface area contributed by atoms with Crippen LogP contribution in [0, 0.1) is 18.2 Å². The Hall–Kier alpha value is -0.700. The minimum absolute atomic E-state index is 0.244. The smallest absolute Gasteiger partial charge is 0.126 e. The largest absolute Gasteiger partial charge is 0.493 e. The lowest BCUT2D eigenvalue weighted by atomic mass is 10.1. The van der Waals surface area contributed by atoms with Crippen molar-refractivity contribution >= 4 is 12.6 Å². The Labute approximate surface area is 95.0 Å². The van der Waals surface area contributed by atoms with Gasteiger partial charge in [-0.3, -0.25) is 0 Å². The fourth-order valence-electron chi connectivity index (χ4n) is 1.49. The van der Waals surface area contributed by atoms with Crippen LogP contribution in [0.25, 0.3) is 0 Å². The SMILES string of the molecule is Cc1ccc(F)cc1OCC1(CS)CC1. The lowest BCUT2D eigenvalue weighted by Gasteiger charge is -2.15. The average molecular weight is 226 g/mol. The van der Waals surface area contributed by atoms with E-state index >= 15 is 0 Å². The van der Waals surface area contributed by atoms with E-state index < -0.39 is 0 Å². The molecule has 0 unspecified atom stereocenters. The highest BCUT2D eigenvalue weighted by molar-refractivity contribution is 7.80. The van der Waals surface area contributed by atoms with E-state index in [1.807, 2.05) is 6.92 Å². The van der Waals surface area contributed by atoms with Gasteiger partial charge >= 0.3 is 0 Å². The quantitative estimate of drug-likeness (QED) is 0.776. The predicted octanol–water partition coefficient (Wildman–Crippen LogP) is 3.22. The summed E-state index contributed by atoms with van der Waals surface area (Å²) in [5.74, 6) is 1.26. The van der Waals surface area contributed by atoms with Gasteiger partial charge in [-0.25, -0.2) is 4.39 Å². The van der Waals surface area contributed by atoms with Gasteiger partial charge in [0, 0.05) is 11.5 Å². The van der Waals surface area contributed by atoms with Crippen LogP contribution < -0.4 is 4.74 Å². The molecule has 1 aliphatic carbocycles. The van der Waals surface area contributed by atoms with Gasteiger partial charge in [-0.15, -0.1) is 0 Å². The monoisotopic (exact) mass is 226 g/mol. The number of rotatable bonds is 4. The van der Waals surface area contributed by atoms with Gasteiger partial charge in [0.15, 0.2) is 0 Å². The molecule has 1 aliphatic rings. The van der Waals surface area contributed by atoms with E-state index in [9.17, 15) is 4.39 Å². The molecule has 2 rings (SSSR count). The van der Waals surface area contributed by atoms with E-state index in [0.29, 0.717) is 12.4 Å². The molecule has 0 spiro atoms. The van der Waals surface area contributed by atoms with Crippen LogP contribution in [0.15, 0.2) is 18.2 Å². The Morgan fingerprint density at radius 1 is 1.47 bits per heavy atom. The van der Waals surface area contributed by atoms with Crippen molar-refractivity contribution in [1.29, 1.82) is 0 Å². The summed E-state index contributed by atoms with van der Waals surface area (Å²) >= 11 is 4.30. The van der Waals surface area contributed by atoms with E-state index in [0.717, 1.165) is 11.3 Å².